The summed E-state index contributed by atoms with van der Waals surface area (Å²) < 4.78 is 10.8. The zero-order valence-corrected chi connectivity index (χ0v) is 8.96. The Morgan fingerprint density at radius 1 is 1.29 bits per heavy atom. The molecule has 1 rings (SSSR count). The molecule has 1 heterocycles. The van der Waals surface area contributed by atoms with Gasteiger partial charge in [-0.3, -0.25) is 4.79 Å². The van der Waals surface area contributed by atoms with Crippen molar-refractivity contribution in [1.29, 1.82) is 0 Å². The van der Waals surface area contributed by atoms with Crippen LogP contribution in [0, 0.1) is 0 Å². The van der Waals surface area contributed by atoms with Crippen LogP contribution in [0.15, 0.2) is 0 Å². The number of unbranched alkanes of at least 4 members (excludes halogenated alkanes) is 1. The third kappa shape index (κ3) is 4.72. The van der Waals surface area contributed by atoms with Gasteiger partial charge in [0.15, 0.2) is 6.29 Å². The largest absolute Gasteiger partial charge is 0.353 e. The second-order valence-corrected chi connectivity index (χ2v) is 3.66. The summed E-state index contributed by atoms with van der Waals surface area (Å²) in [6, 6.07) is 0. The van der Waals surface area contributed by atoms with Gasteiger partial charge in [0, 0.05) is 12.8 Å². The van der Waals surface area contributed by atoms with Crippen LogP contribution in [-0.2, 0) is 14.3 Å². The van der Waals surface area contributed by atoms with Crippen molar-refractivity contribution in [3.05, 3.63) is 0 Å². The molecular weight excluding hydrogens is 180 g/mol. The Morgan fingerprint density at radius 3 is 2.64 bits per heavy atom. The molecule has 3 heteroatoms. The van der Waals surface area contributed by atoms with Crippen LogP contribution in [0.25, 0.3) is 0 Å². The lowest BCUT2D eigenvalue weighted by atomic mass is 10.1. The minimum atomic E-state index is -0.0134. The Balaban J connectivity index is 1.94. The molecular formula is C11H20O3. The lowest BCUT2D eigenvalue weighted by molar-refractivity contribution is -0.181. The van der Waals surface area contributed by atoms with Gasteiger partial charge < -0.3 is 9.47 Å². The third-order valence-corrected chi connectivity index (χ3v) is 2.44. The maximum Gasteiger partial charge on any atom is 0.157 e. The smallest absolute Gasteiger partial charge is 0.157 e. The number of ether oxygens (including phenoxy) is 2. The van der Waals surface area contributed by atoms with E-state index in [0.717, 1.165) is 38.9 Å². The summed E-state index contributed by atoms with van der Waals surface area (Å²) in [5.41, 5.74) is 0. The molecule has 0 bridgehead atoms. The minimum absolute atomic E-state index is 0.0134. The molecule has 14 heavy (non-hydrogen) atoms. The molecule has 0 aromatic rings. The van der Waals surface area contributed by atoms with E-state index in [1.165, 1.54) is 0 Å². The van der Waals surface area contributed by atoms with Crippen molar-refractivity contribution in [1.82, 2.24) is 0 Å². The highest BCUT2D eigenvalue weighted by Gasteiger charge is 2.13. The van der Waals surface area contributed by atoms with Crippen molar-refractivity contribution in [2.24, 2.45) is 0 Å². The van der Waals surface area contributed by atoms with Crippen molar-refractivity contribution in [2.45, 2.75) is 51.7 Å². The maximum atomic E-state index is 11.0. The van der Waals surface area contributed by atoms with Gasteiger partial charge in [0.2, 0.25) is 0 Å². The van der Waals surface area contributed by atoms with Crippen molar-refractivity contribution in [3.8, 4) is 0 Å². The molecule has 3 nitrogen and oxygen atoms in total. The van der Waals surface area contributed by atoms with Gasteiger partial charge in [0.25, 0.3) is 0 Å². The third-order valence-electron chi connectivity index (χ3n) is 2.44. The number of rotatable bonds is 6. The van der Waals surface area contributed by atoms with Crippen LogP contribution in [0.5, 0.6) is 0 Å². The fourth-order valence-electron chi connectivity index (χ4n) is 1.51. The summed E-state index contributed by atoms with van der Waals surface area (Å²) >= 11 is 0. The Kier molecular flexibility index (Phi) is 5.80. The van der Waals surface area contributed by atoms with Crippen molar-refractivity contribution >= 4 is 5.78 Å². The Hall–Kier alpha value is -0.410. The highest BCUT2D eigenvalue weighted by atomic mass is 16.7. The highest BCUT2D eigenvalue weighted by Crippen LogP contribution is 2.12. The average Bonchev–Trinajstić information content (AvgIpc) is 2.25. The number of Topliss-reactive ketones (excluding diaryl/α,β-unsaturated/α-hetero) is 1. The molecule has 0 saturated carbocycles. The highest BCUT2D eigenvalue weighted by molar-refractivity contribution is 5.77. The predicted molar refractivity (Wildman–Crippen MR) is 54.1 cm³/mol. The van der Waals surface area contributed by atoms with Gasteiger partial charge >= 0.3 is 0 Å². The molecule has 0 aromatic heterocycles. The fraction of sp³-hybridized carbons (Fsp3) is 0.909. The lowest BCUT2D eigenvalue weighted by Gasteiger charge is -2.22. The first-order chi connectivity index (χ1) is 6.83. The van der Waals surface area contributed by atoms with Gasteiger partial charge in [0.1, 0.15) is 5.78 Å². The van der Waals surface area contributed by atoms with Crippen LogP contribution >= 0.6 is 0 Å². The molecule has 1 saturated heterocycles. The minimum Gasteiger partial charge on any atom is -0.353 e. The molecule has 1 aliphatic rings. The summed E-state index contributed by atoms with van der Waals surface area (Å²) in [6.45, 7) is 3.55. The van der Waals surface area contributed by atoms with Crippen LogP contribution < -0.4 is 0 Å². The van der Waals surface area contributed by atoms with Crippen LogP contribution in [0.4, 0.5) is 0 Å². The summed E-state index contributed by atoms with van der Waals surface area (Å²) in [6.07, 6.45) is 5.29. The van der Waals surface area contributed by atoms with Gasteiger partial charge in [-0.15, -0.1) is 0 Å². The molecule has 82 valence electrons. The van der Waals surface area contributed by atoms with Gasteiger partial charge in [-0.1, -0.05) is 6.92 Å². The van der Waals surface area contributed by atoms with E-state index in [1.807, 2.05) is 6.92 Å². The van der Waals surface area contributed by atoms with E-state index >= 15 is 0 Å². The van der Waals surface area contributed by atoms with Crippen molar-refractivity contribution < 1.29 is 14.3 Å². The molecule has 0 aromatic carbocycles. The molecule has 1 fully saturated rings. The zero-order valence-electron chi connectivity index (χ0n) is 8.96. The van der Waals surface area contributed by atoms with Crippen LogP contribution in [0.1, 0.15) is 45.4 Å². The number of hydrogen-bond donors (Lipinski definition) is 0. The van der Waals surface area contributed by atoms with Gasteiger partial charge in [-0.2, -0.15) is 0 Å². The summed E-state index contributed by atoms with van der Waals surface area (Å²) in [5, 5.41) is 0. The summed E-state index contributed by atoms with van der Waals surface area (Å²) in [5.74, 6) is 0.357. The first-order valence-corrected chi connectivity index (χ1v) is 5.58. The lowest BCUT2D eigenvalue weighted by Crippen LogP contribution is -2.24. The quantitative estimate of drug-likeness (QED) is 0.617. The number of carbonyl (C=O) groups is 1. The van der Waals surface area contributed by atoms with E-state index in [1.54, 1.807) is 0 Å². The Morgan fingerprint density at radius 2 is 2.00 bits per heavy atom. The van der Waals surface area contributed by atoms with Crippen molar-refractivity contribution in [2.75, 3.05) is 13.2 Å². The second-order valence-electron chi connectivity index (χ2n) is 3.66. The molecule has 1 aliphatic heterocycles. The monoisotopic (exact) mass is 200 g/mol. The number of ketones is 1. The topological polar surface area (TPSA) is 35.5 Å². The molecule has 0 amide bonds. The average molecular weight is 200 g/mol. The Bertz CT molecular complexity index is 162. The van der Waals surface area contributed by atoms with E-state index in [-0.39, 0.29) is 6.29 Å². The second kappa shape index (κ2) is 6.96. The SMILES string of the molecule is CCC(=O)CCCCC1OCCCO1. The molecule has 0 N–H and O–H groups in total. The Labute approximate surface area is 85.8 Å². The van der Waals surface area contributed by atoms with Crippen LogP contribution in [-0.4, -0.2) is 25.3 Å². The fourth-order valence-corrected chi connectivity index (χ4v) is 1.51. The zero-order chi connectivity index (χ0) is 10.2. The van der Waals surface area contributed by atoms with E-state index in [2.05, 4.69) is 0 Å². The van der Waals surface area contributed by atoms with E-state index in [4.69, 9.17) is 9.47 Å². The number of hydrogen-bond acceptors (Lipinski definition) is 3. The van der Waals surface area contributed by atoms with Crippen LogP contribution in [0.3, 0.4) is 0 Å². The molecule has 0 aliphatic carbocycles. The molecule has 0 spiro atoms. The maximum absolute atomic E-state index is 11.0. The first-order valence-electron chi connectivity index (χ1n) is 5.58. The van der Waals surface area contributed by atoms with Gasteiger partial charge in [0.05, 0.1) is 13.2 Å². The van der Waals surface area contributed by atoms with E-state index < -0.39 is 0 Å². The standard InChI is InChI=1S/C11H20O3/c1-2-10(12)6-3-4-7-11-13-8-5-9-14-11/h11H,2-9H2,1H3. The van der Waals surface area contributed by atoms with Gasteiger partial charge in [-0.25, -0.2) is 0 Å². The molecule has 0 atom stereocenters. The number of carbonyl (C=O) groups excluding carboxylic acids is 1. The van der Waals surface area contributed by atoms with Gasteiger partial charge in [-0.05, 0) is 25.7 Å². The molecule has 0 unspecified atom stereocenters. The van der Waals surface area contributed by atoms with Crippen molar-refractivity contribution in [3.63, 3.8) is 0 Å². The predicted octanol–water partition coefficient (Wildman–Crippen LogP) is 2.29. The van der Waals surface area contributed by atoms with E-state index in [0.29, 0.717) is 18.6 Å². The normalized spacial score (nSPS) is 18.4. The molecule has 0 radical (unpaired) electrons. The summed E-state index contributed by atoms with van der Waals surface area (Å²) in [4.78, 5) is 11.0. The van der Waals surface area contributed by atoms with Crippen LogP contribution in [0.2, 0.25) is 0 Å². The van der Waals surface area contributed by atoms with E-state index in [9.17, 15) is 4.79 Å². The summed E-state index contributed by atoms with van der Waals surface area (Å²) in [7, 11) is 0. The first kappa shape index (κ1) is 11.7.